The Balaban J connectivity index is 1.59. The summed E-state index contributed by atoms with van der Waals surface area (Å²) in [4.78, 5) is 27.1. The van der Waals surface area contributed by atoms with Gasteiger partial charge in [0.25, 0.3) is 5.91 Å². The van der Waals surface area contributed by atoms with E-state index in [2.05, 4.69) is 21.4 Å². The number of morpholine rings is 1. The largest absolute Gasteiger partial charge is 0.378 e. The van der Waals surface area contributed by atoms with Gasteiger partial charge in [-0.2, -0.15) is 0 Å². The molecule has 1 saturated heterocycles. The molecule has 2 aromatic rings. The van der Waals surface area contributed by atoms with Gasteiger partial charge >= 0.3 is 0 Å². The van der Waals surface area contributed by atoms with Crippen molar-refractivity contribution in [2.45, 2.75) is 19.4 Å². The maximum Gasteiger partial charge on any atom is 0.274 e. The number of anilines is 1. The van der Waals surface area contributed by atoms with Crippen LogP contribution in [0.5, 0.6) is 0 Å². The fourth-order valence-electron chi connectivity index (χ4n) is 3.19. The maximum absolute atomic E-state index is 13.1. The van der Waals surface area contributed by atoms with Gasteiger partial charge < -0.3 is 14.5 Å². The van der Waals surface area contributed by atoms with Gasteiger partial charge in [-0.1, -0.05) is 11.6 Å². The molecule has 6 nitrogen and oxygen atoms in total. The summed E-state index contributed by atoms with van der Waals surface area (Å²) in [5.74, 6) is 0.419. The summed E-state index contributed by atoms with van der Waals surface area (Å²) in [6.07, 6.45) is 3.51. The van der Waals surface area contributed by atoms with E-state index in [-0.39, 0.29) is 11.6 Å². The lowest BCUT2D eigenvalue weighted by molar-refractivity contribution is 0.0740. The van der Waals surface area contributed by atoms with E-state index in [1.54, 1.807) is 11.3 Å². The first kappa shape index (κ1) is 16.8. The van der Waals surface area contributed by atoms with Gasteiger partial charge in [-0.25, -0.2) is 9.97 Å². The molecule has 0 bridgehead atoms. The van der Waals surface area contributed by atoms with Crippen LogP contribution >= 0.6 is 22.9 Å². The van der Waals surface area contributed by atoms with Crippen LogP contribution in [0, 0.1) is 0 Å². The molecule has 0 spiro atoms. The highest BCUT2D eigenvalue weighted by molar-refractivity contribution is 7.10. The summed E-state index contributed by atoms with van der Waals surface area (Å²) in [5, 5.41) is 2.39. The Morgan fingerprint density at radius 3 is 2.96 bits per heavy atom. The summed E-state index contributed by atoms with van der Waals surface area (Å²) in [6, 6.07) is 2.10. The van der Waals surface area contributed by atoms with Crippen LogP contribution in [0.25, 0.3) is 0 Å². The van der Waals surface area contributed by atoms with Gasteiger partial charge in [-0.3, -0.25) is 4.79 Å². The zero-order chi connectivity index (χ0) is 17.2. The van der Waals surface area contributed by atoms with Crippen molar-refractivity contribution in [3.8, 4) is 0 Å². The number of amides is 1. The van der Waals surface area contributed by atoms with Gasteiger partial charge in [0.15, 0.2) is 5.69 Å². The van der Waals surface area contributed by atoms with Crippen molar-refractivity contribution < 1.29 is 9.53 Å². The third-order valence-electron chi connectivity index (χ3n) is 4.55. The number of hydrogen-bond acceptors (Lipinski definition) is 6. The Hall–Kier alpha value is -1.70. The van der Waals surface area contributed by atoms with Crippen molar-refractivity contribution in [3.63, 3.8) is 0 Å². The van der Waals surface area contributed by atoms with E-state index in [4.69, 9.17) is 16.3 Å². The molecule has 0 N–H and O–H groups in total. The van der Waals surface area contributed by atoms with E-state index in [1.165, 1.54) is 16.6 Å². The number of fused-ring (bicyclic) bond motifs is 1. The lowest BCUT2D eigenvalue weighted by Gasteiger charge is -2.27. The summed E-state index contributed by atoms with van der Waals surface area (Å²) in [6.45, 7) is 4.05. The molecular formula is C17H19ClN4O2S. The second-order valence-corrected chi connectivity index (χ2v) is 7.57. The first-order valence-corrected chi connectivity index (χ1v) is 9.68. The zero-order valence-corrected chi connectivity index (χ0v) is 15.4. The summed E-state index contributed by atoms with van der Waals surface area (Å²) in [7, 11) is 0. The first-order valence-electron chi connectivity index (χ1n) is 8.42. The summed E-state index contributed by atoms with van der Waals surface area (Å²) < 4.78 is 5.36. The number of thiophene rings is 1. The Morgan fingerprint density at radius 2 is 2.12 bits per heavy atom. The molecular weight excluding hydrogens is 360 g/mol. The molecule has 0 aliphatic carbocycles. The molecule has 2 aliphatic heterocycles. The number of nitrogens with zero attached hydrogens (tertiary/aromatic N) is 4. The molecule has 0 saturated carbocycles. The third kappa shape index (κ3) is 3.49. The molecule has 0 unspecified atom stereocenters. The van der Waals surface area contributed by atoms with Crippen molar-refractivity contribution in [1.82, 2.24) is 14.9 Å². The zero-order valence-electron chi connectivity index (χ0n) is 13.8. The Labute approximate surface area is 155 Å². The molecule has 4 heterocycles. The van der Waals surface area contributed by atoms with E-state index in [0.717, 1.165) is 25.9 Å². The van der Waals surface area contributed by atoms with Crippen molar-refractivity contribution in [2.24, 2.45) is 0 Å². The second-order valence-electron chi connectivity index (χ2n) is 6.17. The van der Waals surface area contributed by atoms with E-state index in [1.807, 2.05) is 9.80 Å². The van der Waals surface area contributed by atoms with Gasteiger partial charge in [0.1, 0.15) is 0 Å². The van der Waals surface area contributed by atoms with E-state index < -0.39 is 0 Å². The monoisotopic (exact) mass is 378 g/mol. The Bertz CT molecular complexity index is 776. The second kappa shape index (κ2) is 7.27. The molecule has 132 valence electrons. The van der Waals surface area contributed by atoms with Crippen LogP contribution in [0.15, 0.2) is 17.6 Å². The van der Waals surface area contributed by atoms with E-state index >= 15 is 0 Å². The maximum atomic E-state index is 13.1. The fraction of sp³-hybridized carbons (Fsp3) is 0.471. The van der Waals surface area contributed by atoms with Gasteiger partial charge in [-0.15, -0.1) is 11.3 Å². The average Bonchev–Trinajstić information content (AvgIpc) is 2.99. The highest BCUT2D eigenvalue weighted by atomic mass is 35.5. The predicted molar refractivity (Wildman–Crippen MR) is 97.5 cm³/mol. The van der Waals surface area contributed by atoms with Gasteiger partial charge in [0.05, 0.1) is 24.4 Å². The summed E-state index contributed by atoms with van der Waals surface area (Å²) in [5.41, 5.74) is 1.52. The van der Waals surface area contributed by atoms with Crippen LogP contribution in [0.4, 0.5) is 5.95 Å². The van der Waals surface area contributed by atoms with Crippen molar-refractivity contribution >= 4 is 34.8 Å². The minimum Gasteiger partial charge on any atom is -0.378 e. The van der Waals surface area contributed by atoms with Crippen molar-refractivity contribution in [2.75, 3.05) is 37.7 Å². The number of aryl methyl sites for hydroxylation is 1. The lowest BCUT2D eigenvalue weighted by atomic mass is 10.2. The number of carbonyl (C=O) groups is 1. The number of halogens is 1. The molecule has 1 amide bonds. The van der Waals surface area contributed by atoms with Crippen LogP contribution < -0.4 is 4.90 Å². The quantitative estimate of drug-likeness (QED) is 0.804. The standard InChI is InChI=1S/C17H19ClN4O2S/c18-13-10-19-17(21-5-7-24-8-6-21)20-15(13)16(23)22-4-1-2-14-12(11-22)3-9-25-14/h3,9-10H,1-2,4-8,11H2. The number of hydrogen-bond donors (Lipinski definition) is 0. The van der Waals surface area contributed by atoms with Gasteiger partial charge in [0.2, 0.25) is 5.95 Å². The van der Waals surface area contributed by atoms with E-state index in [0.29, 0.717) is 37.3 Å². The highest BCUT2D eigenvalue weighted by Gasteiger charge is 2.25. The minimum atomic E-state index is -0.124. The molecule has 1 fully saturated rings. The molecule has 8 heteroatoms. The van der Waals surface area contributed by atoms with Crippen LogP contribution in [-0.4, -0.2) is 53.6 Å². The van der Waals surface area contributed by atoms with E-state index in [9.17, 15) is 4.79 Å². The minimum absolute atomic E-state index is 0.124. The number of carbonyl (C=O) groups excluding carboxylic acids is 1. The number of ether oxygens (including phenoxy) is 1. The SMILES string of the molecule is O=C(c1nc(N2CCOCC2)ncc1Cl)N1CCCc2sccc2C1. The molecule has 0 atom stereocenters. The molecule has 25 heavy (non-hydrogen) atoms. The average molecular weight is 379 g/mol. The smallest absolute Gasteiger partial charge is 0.274 e. The predicted octanol–water partition coefficient (Wildman–Crippen LogP) is 2.62. The normalized spacial score (nSPS) is 18.0. The molecule has 2 aliphatic rings. The van der Waals surface area contributed by atoms with Gasteiger partial charge in [-0.05, 0) is 29.9 Å². The number of rotatable bonds is 2. The third-order valence-corrected chi connectivity index (χ3v) is 5.85. The topological polar surface area (TPSA) is 58.6 Å². The Morgan fingerprint density at radius 1 is 1.28 bits per heavy atom. The lowest BCUT2D eigenvalue weighted by Crippen LogP contribution is -2.38. The van der Waals surface area contributed by atoms with Crippen LogP contribution in [0.3, 0.4) is 0 Å². The van der Waals surface area contributed by atoms with Crippen LogP contribution in [0.2, 0.25) is 5.02 Å². The van der Waals surface area contributed by atoms with Crippen LogP contribution in [0.1, 0.15) is 27.3 Å². The number of aromatic nitrogens is 2. The van der Waals surface area contributed by atoms with Gasteiger partial charge in [0, 0.05) is 31.1 Å². The summed E-state index contributed by atoms with van der Waals surface area (Å²) >= 11 is 8.02. The molecule has 0 aromatic carbocycles. The highest BCUT2D eigenvalue weighted by Crippen LogP contribution is 2.26. The molecule has 4 rings (SSSR count). The fourth-order valence-corrected chi connectivity index (χ4v) is 4.30. The molecule has 2 aromatic heterocycles. The van der Waals surface area contributed by atoms with Crippen molar-refractivity contribution in [3.05, 3.63) is 38.8 Å². The first-order chi connectivity index (χ1) is 12.2. The Kier molecular flexibility index (Phi) is 4.87. The molecule has 0 radical (unpaired) electrons. The van der Waals surface area contributed by atoms with Crippen LogP contribution in [-0.2, 0) is 17.7 Å². The van der Waals surface area contributed by atoms with Crippen molar-refractivity contribution in [1.29, 1.82) is 0 Å².